The number of imide groups is 1. The van der Waals surface area contributed by atoms with Crippen LogP contribution in [0.3, 0.4) is 0 Å². The Morgan fingerprint density at radius 1 is 1.05 bits per heavy atom. The smallest absolute Gasteiger partial charge is 0.255 e. The number of carbonyl (C=O) groups excluding carboxylic acids is 4. The van der Waals surface area contributed by atoms with Gasteiger partial charge in [0.25, 0.3) is 11.8 Å². The molecule has 10 heteroatoms. The number of rotatable bonds is 6. The number of benzene rings is 3. The van der Waals surface area contributed by atoms with Crippen LogP contribution in [0.2, 0.25) is 0 Å². The van der Waals surface area contributed by atoms with Gasteiger partial charge in [0.05, 0.1) is 19.3 Å². The van der Waals surface area contributed by atoms with Crippen molar-refractivity contribution in [2.45, 2.75) is 57.0 Å². The summed E-state index contributed by atoms with van der Waals surface area (Å²) in [6.07, 6.45) is 2.25. The first-order valence-corrected chi connectivity index (χ1v) is 15.0. The number of hydrogen-bond acceptors (Lipinski definition) is 7. The molecule has 10 nitrogen and oxygen atoms in total. The summed E-state index contributed by atoms with van der Waals surface area (Å²) in [6.45, 7) is 3.26. The van der Waals surface area contributed by atoms with Gasteiger partial charge in [-0.2, -0.15) is 0 Å². The Hall–Kier alpha value is -4.54. The van der Waals surface area contributed by atoms with Crippen molar-refractivity contribution in [2.24, 2.45) is 0 Å². The van der Waals surface area contributed by atoms with Crippen LogP contribution < -0.4 is 15.4 Å². The van der Waals surface area contributed by atoms with Crippen molar-refractivity contribution in [3.63, 3.8) is 0 Å². The van der Waals surface area contributed by atoms with Crippen molar-refractivity contribution in [1.29, 1.82) is 0 Å². The highest BCUT2D eigenvalue weighted by Gasteiger charge is 2.47. The van der Waals surface area contributed by atoms with Gasteiger partial charge in [-0.25, -0.2) is 0 Å². The molecule has 4 amide bonds. The lowest BCUT2D eigenvalue weighted by molar-refractivity contribution is -0.136. The minimum Gasteiger partial charge on any atom is -0.497 e. The monoisotopic (exact) mass is 594 g/mol. The molecule has 44 heavy (non-hydrogen) atoms. The molecule has 3 aromatic carbocycles. The van der Waals surface area contributed by atoms with E-state index in [1.807, 2.05) is 30.3 Å². The summed E-state index contributed by atoms with van der Waals surface area (Å²) in [5.74, 6) is -0.314. The minimum absolute atomic E-state index is 0.157. The molecule has 2 saturated heterocycles. The van der Waals surface area contributed by atoms with Crippen molar-refractivity contribution in [2.75, 3.05) is 25.5 Å². The fraction of sp³-hybridized carbons (Fsp3) is 0.353. The number of nitrogens with one attached hydrogen (secondary N) is 2. The third-order valence-corrected chi connectivity index (χ3v) is 9.43. The van der Waals surface area contributed by atoms with Gasteiger partial charge in [-0.15, -0.1) is 0 Å². The molecule has 2 N–H and O–H groups in total. The van der Waals surface area contributed by atoms with Crippen LogP contribution in [0.4, 0.5) is 5.69 Å². The highest BCUT2D eigenvalue weighted by molar-refractivity contribution is 6.06. The van der Waals surface area contributed by atoms with E-state index in [4.69, 9.17) is 9.47 Å². The van der Waals surface area contributed by atoms with E-state index in [1.54, 1.807) is 36.3 Å². The third-order valence-electron chi connectivity index (χ3n) is 9.43. The van der Waals surface area contributed by atoms with Crippen molar-refractivity contribution < 1.29 is 28.7 Å². The summed E-state index contributed by atoms with van der Waals surface area (Å²) in [6, 6.07) is 18.3. The molecule has 1 unspecified atom stereocenters. The van der Waals surface area contributed by atoms with E-state index in [2.05, 4.69) is 21.6 Å². The quantitative estimate of drug-likeness (QED) is 0.418. The summed E-state index contributed by atoms with van der Waals surface area (Å²) < 4.78 is 11.7. The molecular formula is C34H34N4O6. The number of nitrogens with zero attached hydrogens (tertiary/aromatic N) is 2. The molecule has 1 spiro atoms. The average Bonchev–Trinajstić information content (AvgIpc) is 3.56. The third kappa shape index (κ3) is 5.03. The number of piperidine rings is 2. The predicted octanol–water partition coefficient (Wildman–Crippen LogP) is 3.73. The van der Waals surface area contributed by atoms with E-state index >= 15 is 0 Å². The maximum Gasteiger partial charge on any atom is 0.255 e. The Kier molecular flexibility index (Phi) is 7.18. The Bertz CT molecular complexity index is 1660. The van der Waals surface area contributed by atoms with Crippen LogP contribution in [0.15, 0.2) is 60.7 Å². The number of methoxy groups -OCH3 is 1. The topological polar surface area (TPSA) is 117 Å². The second-order valence-electron chi connectivity index (χ2n) is 12.0. The van der Waals surface area contributed by atoms with Gasteiger partial charge in [-0.1, -0.05) is 18.2 Å². The molecule has 0 aliphatic carbocycles. The molecule has 0 saturated carbocycles. The first kappa shape index (κ1) is 28.2. The van der Waals surface area contributed by atoms with E-state index in [0.29, 0.717) is 36.4 Å². The number of hydrogen-bond donors (Lipinski definition) is 2. The van der Waals surface area contributed by atoms with Crippen molar-refractivity contribution in [3.05, 3.63) is 94.0 Å². The van der Waals surface area contributed by atoms with Crippen LogP contribution in [-0.2, 0) is 39.6 Å². The molecule has 0 radical (unpaired) electrons. The molecule has 4 heterocycles. The van der Waals surface area contributed by atoms with Gasteiger partial charge in [-0.3, -0.25) is 29.4 Å². The van der Waals surface area contributed by atoms with Gasteiger partial charge in [0, 0.05) is 49.4 Å². The maximum atomic E-state index is 13.3. The first-order valence-electron chi connectivity index (χ1n) is 15.0. The highest BCUT2D eigenvalue weighted by Crippen LogP contribution is 2.47. The Labute approximate surface area is 255 Å². The van der Waals surface area contributed by atoms with E-state index in [1.165, 1.54) is 0 Å². The van der Waals surface area contributed by atoms with Gasteiger partial charge >= 0.3 is 0 Å². The van der Waals surface area contributed by atoms with Gasteiger partial charge in [0.1, 0.15) is 11.8 Å². The zero-order chi connectivity index (χ0) is 30.4. The average molecular weight is 595 g/mol. The Balaban J connectivity index is 0.996. The molecule has 4 aliphatic heterocycles. The van der Waals surface area contributed by atoms with Crippen LogP contribution in [0.5, 0.6) is 5.75 Å². The molecule has 0 aromatic heterocycles. The summed E-state index contributed by atoms with van der Waals surface area (Å²) in [4.78, 5) is 54.1. The molecule has 226 valence electrons. The summed E-state index contributed by atoms with van der Waals surface area (Å²) >= 11 is 0. The number of carbonyl (C=O) groups is 4. The van der Waals surface area contributed by atoms with E-state index in [-0.39, 0.29) is 29.7 Å². The Morgan fingerprint density at radius 2 is 1.84 bits per heavy atom. The number of anilines is 1. The lowest BCUT2D eigenvalue weighted by atomic mass is 9.82. The summed E-state index contributed by atoms with van der Waals surface area (Å²) in [5, 5.41) is 5.36. The van der Waals surface area contributed by atoms with Gasteiger partial charge in [0.2, 0.25) is 11.8 Å². The molecule has 3 aromatic rings. The van der Waals surface area contributed by atoms with Gasteiger partial charge in [-0.05, 0) is 84.0 Å². The lowest BCUT2D eigenvalue weighted by Gasteiger charge is -2.39. The molecule has 7 rings (SSSR count). The van der Waals surface area contributed by atoms with Crippen molar-refractivity contribution in [3.8, 4) is 5.75 Å². The minimum atomic E-state index is -0.628. The van der Waals surface area contributed by atoms with Crippen LogP contribution in [0.25, 0.3) is 0 Å². The molecular weight excluding hydrogens is 560 g/mol. The molecule has 4 aliphatic rings. The number of amides is 4. The SMILES string of the molecule is COc1ccc(C(=O)Nc2cccc(CN3CCC4(CC3)OCc3c4ccc4c3CN(C3CCC(=O)NC3=O)C4=O)c2)cc1. The van der Waals surface area contributed by atoms with E-state index in [9.17, 15) is 19.2 Å². The fourth-order valence-corrected chi connectivity index (χ4v) is 7.02. The fourth-order valence-electron chi connectivity index (χ4n) is 7.02. The second kappa shape index (κ2) is 11.2. The normalized spacial score (nSPS) is 20.8. The largest absolute Gasteiger partial charge is 0.497 e. The van der Waals surface area contributed by atoms with Gasteiger partial charge < -0.3 is 19.7 Å². The van der Waals surface area contributed by atoms with Gasteiger partial charge in [0.15, 0.2) is 0 Å². The van der Waals surface area contributed by atoms with Crippen LogP contribution in [-0.4, -0.2) is 59.7 Å². The summed E-state index contributed by atoms with van der Waals surface area (Å²) in [5.41, 5.74) is 5.84. The van der Waals surface area contributed by atoms with Crippen molar-refractivity contribution >= 4 is 29.3 Å². The zero-order valence-corrected chi connectivity index (χ0v) is 24.6. The molecule has 1 atom stereocenters. The molecule has 0 bridgehead atoms. The summed E-state index contributed by atoms with van der Waals surface area (Å²) in [7, 11) is 1.59. The Morgan fingerprint density at radius 3 is 2.59 bits per heavy atom. The van der Waals surface area contributed by atoms with E-state index < -0.39 is 11.9 Å². The first-order chi connectivity index (χ1) is 21.3. The zero-order valence-electron chi connectivity index (χ0n) is 24.6. The maximum absolute atomic E-state index is 13.3. The van der Waals surface area contributed by atoms with Crippen molar-refractivity contribution in [1.82, 2.24) is 15.1 Å². The van der Waals surface area contributed by atoms with Crippen LogP contribution in [0.1, 0.15) is 68.7 Å². The van der Waals surface area contributed by atoms with E-state index in [0.717, 1.165) is 60.4 Å². The number of likely N-dealkylation sites (tertiary alicyclic amines) is 1. The number of fused-ring (bicyclic) bond motifs is 4. The second-order valence-corrected chi connectivity index (χ2v) is 12.0. The lowest BCUT2D eigenvalue weighted by Crippen LogP contribution is -2.52. The number of ether oxygens (including phenoxy) is 2. The van der Waals surface area contributed by atoms with Crippen LogP contribution >= 0.6 is 0 Å². The predicted molar refractivity (Wildman–Crippen MR) is 161 cm³/mol. The van der Waals surface area contributed by atoms with Crippen LogP contribution in [0, 0.1) is 0 Å². The standard InChI is InChI=1S/C34H34N4O6/c1-43-24-7-5-22(6-8-24)31(40)35-23-4-2-3-21(17-23)18-37-15-13-34(14-16-37)28-10-9-25-26(27(28)20-44-34)19-38(33(25)42)29-11-12-30(39)36-32(29)41/h2-10,17,29H,11-16,18-20H2,1H3,(H,35,40)(H,36,39,41). The highest BCUT2D eigenvalue weighted by atomic mass is 16.5. The molecule has 2 fully saturated rings.